The van der Waals surface area contributed by atoms with Crippen molar-refractivity contribution in [2.75, 3.05) is 26.4 Å². The molecule has 4 rings (SSSR count). The van der Waals surface area contributed by atoms with Crippen LogP contribution in [0.15, 0.2) is 16.9 Å². The molecule has 2 aliphatic heterocycles. The van der Waals surface area contributed by atoms with Crippen molar-refractivity contribution in [3.63, 3.8) is 0 Å². The smallest absolute Gasteiger partial charge is 0.256 e. The van der Waals surface area contributed by atoms with E-state index in [1.165, 1.54) is 0 Å². The number of nitrogens with zero attached hydrogens (tertiary/aromatic N) is 1. The lowest BCUT2D eigenvalue weighted by molar-refractivity contribution is 0.0726. The molecular weight excluding hydrogens is 439 g/mol. The van der Waals surface area contributed by atoms with Gasteiger partial charge in [-0.25, -0.2) is 0 Å². The maximum atomic E-state index is 13.5. The van der Waals surface area contributed by atoms with Gasteiger partial charge < -0.3 is 19.7 Å². The number of ether oxygens (including phenoxy) is 1. The predicted molar refractivity (Wildman–Crippen MR) is 120 cm³/mol. The topological polar surface area (TPSA) is 82.6 Å². The largest absolute Gasteiger partial charge is 0.396 e. The van der Waals surface area contributed by atoms with Crippen molar-refractivity contribution in [2.45, 2.75) is 39.2 Å². The molecule has 0 saturated carbocycles. The van der Waals surface area contributed by atoms with Crippen LogP contribution in [0.2, 0.25) is 10.0 Å². The second-order valence-corrected chi connectivity index (χ2v) is 9.23. The van der Waals surface area contributed by atoms with E-state index in [4.69, 9.17) is 27.9 Å². The van der Waals surface area contributed by atoms with Crippen molar-refractivity contribution in [1.29, 1.82) is 0 Å². The molecule has 2 N–H and O–H groups in total. The number of fused-ring (bicyclic) bond motifs is 1. The number of amides is 1. The number of pyridine rings is 1. The molecule has 31 heavy (non-hydrogen) atoms. The Labute approximate surface area is 191 Å². The average molecular weight is 465 g/mol. The number of halogens is 2. The standard InChI is InChI=1S/C23H26Cl2N2O4/c1-12-7-13(2)26-22(29)17(12)9-27-5-3-15-19(24)8-16(21(25)20(15)23(27)30)18(10-28)14-4-6-31-11-14/h7-8,14,18,28H,3-6,9-11H2,1-2H3,(H,26,29)/t14-,18+/m0/s1. The van der Waals surface area contributed by atoms with Gasteiger partial charge in [-0.05, 0) is 61.4 Å². The molecule has 1 saturated heterocycles. The van der Waals surface area contributed by atoms with Crippen molar-refractivity contribution in [3.8, 4) is 0 Å². The van der Waals surface area contributed by atoms with Gasteiger partial charge in [0.05, 0.1) is 30.3 Å². The van der Waals surface area contributed by atoms with Crippen LogP contribution in [0.1, 0.15) is 50.6 Å². The van der Waals surface area contributed by atoms with Crippen molar-refractivity contribution < 1.29 is 14.6 Å². The second kappa shape index (κ2) is 8.94. The third kappa shape index (κ3) is 4.14. The highest BCUT2D eigenvalue weighted by atomic mass is 35.5. The number of aliphatic hydroxyl groups excluding tert-OH is 1. The number of carbonyl (C=O) groups is 1. The van der Waals surface area contributed by atoms with Gasteiger partial charge in [0.25, 0.3) is 11.5 Å². The molecule has 1 aromatic heterocycles. The van der Waals surface area contributed by atoms with Gasteiger partial charge in [0.2, 0.25) is 0 Å². The summed E-state index contributed by atoms with van der Waals surface area (Å²) in [6.45, 7) is 5.46. The molecule has 8 heteroatoms. The van der Waals surface area contributed by atoms with E-state index in [1.807, 2.05) is 19.9 Å². The van der Waals surface area contributed by atoms with Gasteiger partial charge in [0.15, 0.2) is 0 Å². The van der Waals surface area contributed by atoms with Gasteiger partial charge in [-0.1, -0.05) is 23.2 Å². The fourth-order valence-corrected chi connectivity index (χ4v) is 5.41. The quantitative estimate of drug-likeness (QED) is 0.707. The first-order valence-corrected chi connectivity index (χ1v) is 11.3. The minimum atomic E-state index is -0.247. The number of aromatic nitrogens is 1. The van der Waals surface area contributed by atoms with Gasteiger partial charge in [-0.2, -0.15) is 0 Å². The number of aliphatic hydroxyl groups is 1. The van der Waals surface area contributed by atoms with Gasteiger partial charge in [0.1, 0.15) is 0 Å². The van der Waals surface area contributed by atoms with Crippen LogP contribution in [-0.4, -0.2) is 47.3 Å². The van der Waals surface area contributed by atoms with Crippen LogP contribution in [0.3, 0.4) is 0 Å². The van der Waals surface area contributed by atoms with Crippen molar-refractivity contribution in [3.05, 3.63) is 66.0 Å². The van der Waals surface area contributed by atoms with Crippen LogP contribution in [0.5, 0.6) is 0 Å². The Morgan fingerprint density at radius 3 is 2.71 bits per heavy atom. The molecule has 0 unspecified atom stereocenters. The average Bonchev–Trinajstić information content (AvgIpc) is 3.24. The van der Waals surface area contributed by atoms with Crippen LogP contribution < -0.4 is 5.56 Å². The molecule has 0 radical (unpaired) electrons. The number of hydrogen-bond donors (Lipinski definition) is 2. The summed E-state index contributed by atoms with van der Waals surface area (Å²) in [5, 5.41) is 10.9. The summed E-state index contributed by atoms with van der Waals surface area (Å²) in [7, 11) is 0. The Kier molecular flexibility index (Phi) is 6.44. The lowest BCUT2D eigenvalue weighted by atomic mass is 9.83. The summed E-state index contributed by atoms with van der Waals surface area (Å²) in [6, 6.07) is 3.69. The Morgan fingerprint density at radius 1 is 1.29 bits per heavy atom. The van der Waals surface area contributed by atoms with Gasteiger partial charge in [-0.15, -0.1) is 0 Å². The minimum absolute atomic E-state index is 0.0985. The van der Waals surface area contributed by atoms with E-state index in [-0.39, 0.29) is 36.5 Å². The van der Waals surface area contributed by atoms with E-state index < -0.39 is 0 Å². The maximum absolute atomic E-state index is 13.5. The summed E-state index contributed by atoms with van der Waals surface area (Å²) in [5.74, 6) is -0.364. The van der Waals surface area contributed by atoms with Gasteiger partial charge in [0, 0.05) is 35.3 Å². The highest BCUT2D eigenvalue weighted by Gasteiger charge is 2.35. The van der Waals surface area contributed by atoms with E-state index in [2.05, 4.69) is 4.98 Å². The second-order valence-electron chi connectivity index (χ2n) is 8.45. The number of hydrogen-bond acceptors (Lipinski definition) is 4. The molecule has 166 valence electrons. The molecule has 2 aliphatic rings. The monoisotopic (exact) mass is 464 g/mol. The molecule has 0 spiro atoms. The van der Waals surface area contributed by atoms with Crippen molar-refractivity contribution >= 4 is 29.1 Å². The Hall–Kier alpha value is -1.86. The normalized spacial score (nSPS) is 19.6. The molecule has 0 bridgehead atoms. The molecule has 1 aromatic carbocycles. The first kappa shape index (κ1) is 22.3. The summed E-state index contributed by atoms with van der Waals surface area (Å²) in [6.07, 6.45) is 1.38. The number of rotatable bonds is 5. The van der Waals surface area contributed by atoms with Crippen LogP contribution in [-0.2, 0) is 17.7 Å². The predicted octanol–water partition coefficient (Wildman–Crippen LogP) is 3.61. The van der Waals surface area contributed by atoms with Gasteiger partial charge >= 0.3 is 0 Å². The molecular formula is C23H26Cl2N2O4. The van der Waals surface area contributed by atoms with E-state index in [1.54, 1.807) is 11.0 Å². The molecule has 1 amide bonds. The van der Waals surface area contributed by atoms with E-state index in [0.29, 0.717) is 52.9 Å². The first-order valence-electron chi connectivity index (χ1n) is 10.5. The van der Waals surface area contributed by atoms with E-state index in [9.17, 15) is 14.7 Å². The Morgan fingerprint density at radius 2 is 2.06 bits per heavy atom. The van der Waals surface area contributed by atoms with Crippen molar-refractivity contribution in [1.82, 2.24) is 9.88 Å². The number of H-pyrrole nitrogens is 1. The van der Waals surface area contributed by atoms with E-state index >= 15 is 0 Å². The zero-order chi connectivity index (χ0) is 22.3. The summed E-state index contributed by atoms with van der Waals surface area (Å²) in [4.78, 5) is 30.4. The number of aromatic amines is 1. The Bertz CT molecular complexity index is 1080. The SMILES string of the molecule is Cc1cc(C)c(CN2CCc3c(Cl)cc([C@H](CO)[C@H]4CCOC4)c(Cl)c3C2=O)c(=O)[nH]1. The Balaban J connectivity index is 1.71. The molecule has 2 atom stereocenters. The number of aryl methyl sites for hydroxylation is 2. The fraction of sp³-hybridized carbons (Fsp3) is 0.478. The van der Waals surface area contributed by atoms with Crippen molar-refractivity contribution in [2.24, 2.45) is 5.92 Å². The van der Waals surface area contributed by atoms with Crippen LogP contribution in [0.4, 0.5) is 0 Å². The summed E-state index contributed by atoms with van der Waals surface area (Å²) in [5.41, 5.74) is 3.81. The van der Waals surface area contributed by atoms with Crippen LogP contribution in [0.25, 0.3) is 0 Å². The molecule has 3 heterocycles. The first-order chi connectivity index (χ1) is 14.8. The van der Waals surface area contributed by atoms with Crippen LogP contribution in [0, 0.1) is 19.8 Å². The van der Waals surface area contributed by atoms with Crippen LogP contribution >= 0.6 is 23.2 Å². The zero-order valence-corrected chi connectivity index (χ0v) is 19.1. The molecule has 1 fully saturated rings. The summed E-state index contributed by atoms with van der Waals surface area (Å²) < 4.78 is 5.48. The minimum Gasteiger partial charge on any atom is -0.396 e. The zero-order valence-electron chi connectivity index (χ0n) is 17.6. The molecule has 6 nitrogen and oxygen atoms in total. The third-order valence-corrected chi connectivity index (χ3v) is 7.20. The molecule has 2 aromatic rings. The lowest BCUT2D eigenvalue weighted by Gasteiger charge is -2.32. The fourth-order valence-electron chi connectivity index (χ4n) is 4.72. The summed E-state index contributed by atoms with van der Waals surface area (Å²) >= 11 is 13.3. The van der Waals surface area contributed by atoms with E-state index in [0.717, 1.165) is 23.2 Å². The number of nitrogens with one attached hydrogen (secondary N) is 1. The van der Waals surface area contributed by atoms with Gasteiger partial charge in [-0.3, -0.25) is 9.59 Å². The highest BCUT2D eigenvalue weighted by Crippen LogP contribution is 2.41. The maximum Gasteiger partial charge on any atom is 0.256 e. The number of carbonyl (C=O) groups excluding carboxylic acids is 1. The third-order valence-electron chi connectivity index (χ3n) is 6.45. The lowest BCUT2D eigenvalue weighted by Crippen LogP contribution is -2.39. The molecule has 0 aliphatic carbocycles. The number of benzene rings is 1. The highest BCUT2D eigenvalue weighted by molar-refractivity contribution is 6.37.